The van der Waals surface area contributed by atoms with E-state index < -0.39 is 0 Å². The van der Waals surface area contributed by atoms with Gasteiger partial charge in [0.15, 0.2) is 5.69 Å². The molecular formula is C44H26N4. The maximum absolute atomic E-state index is 10.00. The van der Waals surface area contributed by atoms with Gasteiger partial charge in [-0.25, -0.2) is 4.85 Å². The number of para-hydroxylation sites is 4. The van der Waals surface area contributed by atoms with Crippen LogP contribution in [0.15, 0.2) is 158 Å². The van der Waals surface area contributed by atoms with E-state index in [4.69, 9.17) is 6.57 Å². The smallest absolute Gasteiger partial charge is 0.189 e. The van der Waals surface area contributed by atoms with Crippen molar-refractivity contribution in [2.75, 3.05) is 0 Å². The summed E-state index contributed by atoms with van der Waals surface area (Å²) in [7, 11) is 0. The zero-order chi connectivity index (χ0) is 32.2. The second kappa shape index (κ2) is 10.9. The summed E-state index contributed by atoms with van der Waals surface area (Å²) in [4.78, 5) is 3.93. The van der Waals surface area contributed by atoms with Crippen LogP contribution in [0, 0.1) is 17.9 Å². The molecule has 2 aromatic heterocycles. The number of nitrogens with zero attached hydrogens (tertiary/aromatic N) is 4. The van der Waals surface area contributed by atoms with Crippen LogP contribution in [0.25, 0.3) is 82.1 Å². The Kier molecular flexibility index (Phi) is 6.22. The fraction of sp³-hybridized carbons (Fsp3) is 0. The SMILES string of the molecule is [C-]#[N+]c1cc(-c2ccccc2-c2ccccc2-n2c3ccccc3c3ccccc32)cc(-n2c3ccccc3c3c(C#N)cccc32)c1. The van der Waals surface area contributed by atoms with Gasteiger partial charge in [-0.2, -0.15) is 5.26 Å². The van der Waals surface area contributed by atoms with E-state index in [2.05, 4.69) is 141 Å². The molecule has 0 saturated heterocycles. The average Bonchev–Trinajstić information content (AvgIpc) is 3.68. The van der Waals surface area contributed by atoms with Gasteiger partial charge in [0.05, 0.1) is 46.0 Å². The Hall–Kier alpha value is -6.88. The van der Waals surface area contributed by atoms with Gasteiger partial charge in [-0.1, -0.05) is 103 Å². The highest BCUT2D eigenvalue weighted by Crippen LogP contribution is 2.42. The molecule has 48 heavy (non-hydrogen) atoms. The molecule has 0 bridgehead atoms. The van der Waals surface area contributed by atoms with Crippen LogP contribution in [0.5, 0.6) is 0 Å². The molecule has 0 spiro atoms. The van der Waals surface area contributed by atoms with Gasteiger partial charge in [0, 0.05) is 32.8 Å². The molecule has 0 N–H and O–H groups in total. The number of fused-ring (bicyclic) bond motifs is 6. The van der Waals surface area contributed by atoms with Crippen molar-refractivity contribution < 1.29 is 0 Å². The monoisotopic (exact) mass is 610 g/mol. The molecule has 4 nitrogen and oxygen atoms in total. The second-order valence-electron chi connectivity index (χ2n) is 11.9. The lowest BCUT2D eigenvalue weighted by Crippen LogP contribution is -1.98. The second-order valence-corrected chi connectivity index (χ2v) is 11.9. The minimum atomic E-state index is 0.551. The maximum atomic E-state index is 10.00. The Morgan fingerprint density at radius 1 is 0.500 bits per heavy atom. The molecule has 7 aromatic carbocycles. The number of benzene rings is 7. The van der Waals surface area contributed by atoms with E-state index in [9.17, 15) is 5.26 Å². The Labute approximate surface area is 277 Å². The van der Waals surface area contributed by atoms with E-state index in [1.165, 1.54) is 10.8 Å². The van der Waals surface area contributed by atoms with E-state index in [1.807, 2.05) is 36.4 Å². The van der Waals surface area contributed by atoms with Crippen LogP contribution in [0.1, 0.15) is 5.56 Å². The van der Waals surface area contributed by atoms with Gasteiger partial charge in [-0.05, 0) is 71.3 Å². The van der Waals surface area contributed by atoms with E-state index in [-0.39, 0.29) is 0 Å². The molecule has 0 fully saturated rings. The highest BCUT2D eigenvalue weighted by molar-refractivity contribution is 6.12. The van der Waals surface area contributed by atoms with Crippen LogP contribution in [0.4, 0.5) is 5.69 Å². The van der Waals surface area contributed by atoms with Gasteiger partial charge >= 0.3 is 0 Å². The molecule has 0 atom stereocenters. The summed E-state index contributed by atoms with van der Waals surface area (Å²) in [5.74, 6) is 0. The summed E-state index contributed by atoms with van der Waals surface area (Å²) >= 11 is 0. The summed E-state index contributed by atoms with van der Waals surface area (Å²) in [6.07, 6.45) is 0. The van der Waals surface area contributed by atoms with Crippen molar-refractivity contribution in [2.45, 2.75) is 0 Å². The van der Waals surface area contributed by atoms with Crippen LogP contribution in [-0.4, -0.2) is 9.13 Å². The molecule has 0 aliphatic heterocycles. The van der Waals surface area contributed by atoms with Crippen molar-refractivity contribution in [2.24, 2.45) is 0 Å². The number of rotatable bonds is 4. The summed E-state index contributed by atoms with van der Waals surface area (Å²) in [5, 5.41) is 14.4. The molecule has 0 saturated carbocycles. The van der Waals surface area contributed by atoms with Gasteiger partial charge in [0.2, 0.25) is 0 Å². The van der Waals surface area contributed by atoms with Gasteiger partial charge < -0.3 is 9.13 Å². The largest absolute Gasteiger partial charge is 0.310 e. The summed E-state index contributed by atoms with van der Waals surface area (Å²) in [6, 6.07) is 56.7. The maximum Gasteiger partial charge on any atom is 0.189 e. The summed E-state index contributed by atoms with van der Waals surface area (Å²) < 4.78 is 4.54. The Bertz CT molecular complexity index is 2760. The molecule has 0 aliphatic rings. The molecule has 0 amide bonds. The lowest BCUT2D eigenvalue weighted by Gasteiger charge is -2.18. The first-order chi connectivity index (χ1) is 23.7. The number of hydrogen-bond donors (Lipinski definition) is 0. The molecule has 4 heteroatoms. The molecule has 2 heterocycles. The predicted octanol–water partition coefficient (Wildman–Crippen LogP) is 11.6. The normalized spacial score (nSPS) is 11.3. The summed E-state index contributed by atoms with van der Waals surface area (Å²) in [5.41, 5.74) is 11.6. The first kappa shape index (κ1) is 27.4. The fourth-order valence-corrected chi connectivity index (χ4v) is 7.38. The van der Waals surface area contributed by atoms with Gasteiger partial charge in [0.1, 0.15) is 0 Å². The Morgan fingerprint density at radius 2 is 1.06 bits per heavy atom. The number of aromatic nitrogens is 2. The lowest BCUT2D eigenvalue weighted by atomic mass is 9.93. The highest BCUT2D eigenvalue weighted by Gasteiger charge is 2.19. The topological polar surface area (TPSA) is 38.0 Å². The highest BCUT2D eigenvalue weighted by atomic mass is 15.0. The van der Waals surface area contributed by atoms with Crippen molar-refractivity contribution >= 4 is 49.3 Å². The zero-order valence-electron chi connectivity index (χ0n) is 25.8. The predicted molar refractivity (Wildman–Crippen MR) is 197 cm³/mol. The van der Waals surface area contributed by atoms with Crippen LogP contribution >= 0.6 is 0 Å². The first-order valence-electron chi connectivity index (χ1n) is 15.9. The minimum absolute atomic E-state index is 0.551. The average molecular weight is 611 g/mol. The van der Waals surface area contributed by atoms with Crippen LogP contribution < -0.4 is 0 Å². The van der Waals surface area contributed by atoms with E-state index in [1.54, 1.807) is 0 Å². The number of nitriles is 1. The van der Waals surface area contributed by atoms with Crippen LogP contribution in [0.3, 0.4) is 0 Å². The minimum Gasteiger partial charge on any atom is -0.310 e. The molecule has 9 rings (SSSR count). The third-order valence-corrected chi connectivity index (χ3v) is 9.36. The Balaban J connectivity index is 1.30. The molecule has 222 valence electrons. The van der Waals surface area contributed by atoms with Gasteiger partial charge in [-0.15, -0.1) is 0 Å². The van der Waals surface area contributed by atoms with E-state index >= 15 is 0 Å². The Morgan fingerprint density at radius 3 is 1.75 bits per heavy atom. The van der Waals surface area contributed by atoms with Crippen molar-refractivity contribution in [3.63, 3.8) is 0 Å². The molecule has 0 radical (unpaired) electrons. The molecule has 0 aliphatic carbocycles. The summed E-state index contributed by atoms with van der Waals surface area (Å²) in [6.45, 7) is 8.08. The van der Waals surface area contributed by atoms with Gasteiger partial charge in [-0.3, -0.25) is 0 Å². The molecule has 0 unspecified atom stereocenters. The quantitative estimate of drug-likeness (QED) is 0.183. The molecular weight excluding hydrogens is 585 g/mol. The van der Waals surface area contributed by atoms with Crippen molar-refractivity contribution in [3.8, 4) is 39.7 Å². The van der Waals surface area contributed by atoms with Gasteiger partial charge in [0.25, 0.3) is 0 Å². The zero-order valence-corrected chi connectivity index (χ0v) is 25.8. The molecule has 9 aromatic rings. The fourth-order valence-electron chi connectivity index (χ4n) is 7.38. The van der Waals surface area contributed by atoms with Crippen molar-refractivity contribution in [3.05, 3.63) is 175 Å². The standard InChI is InChI=1S/C44H26N4/c1-46-31-25-30(26-32(27-31)47-42-23-11-7-19-38(42)44-29(28-45)13-12-24-43(44)47)33-14-2-3-15-34(33)35-16-4-8-20-39(35)48-40-21-9-5-17-36(40)37-18-6-10-22-41(37)48/h2-27H. The van der Waals surface area contributed by atoms with Crippen LogP contribution in [-0.2, 0) is 0 Å². The third-order valence-electron chi connectivity index (χ3n) is 9.36. The first-order valence-corrected chi connectivity index (χ1v) is 15.9. The van der Waals surface area contributed by atoms with E-state index in [0.717, 1.165) is 66.5 Å². The van der Waals surface area contributed by atoms with Crippen molar-refractivity contribution in [1.29, 1.82) is 5.26 Å². The third kappa shape index (κ3) is 4.07. The van der Waals surface area contributed by atoms with E-state index in [0.29, 0.717) is 11.3 Å². The van der Waals surface area contributed by atoms with Crippen molar-refractivity contribution in [1.82, 2.24) is 9.13 Å². The lowest BCUT2D eigenvalue weighted by molar-refractivity contribution is 1.18. The van der Waals surface area contributed by atoms with Crippen LogP contribution in [0.2, 0.25) is 0 Å². The number of hydrogen-bond acceptors (Lipinski definition) is 1.